The number of hydrogen-bond donors (Lipinski definition) is 0. The highest BCUT2D eigenvalue weighted by atomic mass is 16.2. The van der Waals surface area contributed by atoms with Gasteiger partial charge in [0, 0.05) is 39.1 Å². The van der Waals surface area contributed by atoms with Crippen LogP contribution in [0.4, 0.5) is 0 Å². The number of hydrogen-bond acceptors (Lipinski definition) is 4. The Labute approximate surface area is 116 Å². The normalized spacial score (nSPS) is 20.3. The second kappa shape index (κ2) is 8.13. The fourth-order valence-electron chi connectivity index (χ4n) is 2.44. The third-order valence-corrected chi connectivity index (χ3v) is 3.84. The van der Waals surface area contributed by atoms with Gasteiger partial charge < -0.3 is 14.7 Å². The van der Waals surface area contributed by atoms with E-state index in [2.05, 4.69) is 30.0 Å². The summed E-state index contributed by atoms with van der Waals surface area (Å²) in [6.07, 6.45) is 3.43. The minimum absolute atomic E-state index is 0.141. The summed E-state index contributed by atoms with van der Waals surface area (Å²) >= 11 is 0. The van der Waals surface area contributed by atoms with E-state index in [9.17, 15) is 4.79 Å². The van der Waals surface area contributed by atoms with Crippen molar-refractivity contribution in [2.75, 3.05) is 47.3 Å². The summed E-state index contributed by atoms with van der Waals surface area (Å²) in [5.41, 5.74) is 0. The molecular formula is C14H26N4O. The number of piperidine rings is 1. The maximum absolute atomic E-state index is 11.9. The van der Waals surface area contributed by atoms with E-state index >= 15 is 0 Å². The Hall–Kier alpha value is -1.12. The van der Waals surface area contributed by atoms with E-state index in [0.717, 1.165) is 19.6 Å². The molecule has 0 aromatic heterocycles. The number of rotatable bonds is 6. The van der Waals surface area contributed by atoms with Gasteiger partial charge in [-0.25, -0.2) is 0 Å². The average Bonchev–Trinajstić information content (AvgIpc) is 2.42. The Morgan fingerprint density at radius 2 is 2.16 bits per heavy atom. The number of nitrogens with zero attached hydrogens (tertiary/aromatic N) is 4. The van der Waals surface area contributed by atoms with Gasteiger partial charge in [-0.3, -0.25) is 4.79 Å². The van der Waals surface area contributed by atoms with E-state index in [0.29, 0.717) is 25.4 Å². The zero-order valence-electron chi connectivity index (χ0n) is 12.4. The first kappa shape index (κ1) is 15.9. The van der Waals surface area contributed by atoms with Gasteiger partial charge in [-0.2, -0.15) is 5.26 Å². The molecule has 1 rings (SSSR count). The summed E-state index contributed by atoms with van der Waals surface area (Å²) in [4.78, 5) is 18.2. The van der Waals surface area contributed by atoms with Crippen molar-refractivity contribution in [2.24, 2.45) is 0 Å². The van der Waals surface area contributed by atoms with Crippen molar-refractivity contribution >= 4 is 5.91 Å². The standard InChI is InChI=1S/C14H26N4O/c1-16(2)13-6-4-10-18(12-13)11-7-14(19)17(3)9-5-8-15/h13H,4-7,9-12H2,1-3H3. The van der Waals surface area contributed by atoms with Crippen LogP contribution in [0.3, 0.4) is 0 Å². The van der Waals surface area contributed by atoms with Crippen LogP contribution in [-0.4, -0.2) is 74.0 Å². The summed E-state index contributed by atoms with van der Waals surface area (Å²) < 4.78 is 0. The molecule has 1 atom stereocenters. The van der Waals surface area contributed by atoms with E-state index in [-0.39, 0.29) is 5.91 Å². The number of carbonyl (C=O) groups excluding carboxylic acids is 1. The number of likely N-dealkylation sites (N-methyl/N-ethyl adjacent to an activating group) is 1. The van der Waals surface area contributed by atoms with Gasteiger partial charge in [0.25, 0.3) is 0 Å². The van der Waals surface area contributed by atoms with Gasteiger partial charge in [0.1, 0.15) is 0 Å². The summed E-state index contributed by atoms with van der Waals surface area (Å²) in [5.74, 6) is 0.141. The van der Waals surface area contributed by atoms with Crippen LogP contribution in [0.25, 0.3) is 0 Å². The van der Waals surface area contributed by atoms with Crippen LogP contribution >= 0.6 is 0 Å². The molecule has 0 saturated carbocycles. The Kier molecular flexibility index (Phi) is 6.82. The van der Waals surface area contributed by atoms with Gasteiger partial charge in [-0.05, 0) is 33.5 Å². The van der Waals surface area contributed by atoms with Crippen LogP contribution in [0.2, 0.25) is 0 Å². The van der Waals surface area contributed by atoms with Crippen LogP contribution < -0.4 is 0 Å². The summed E-state index contributed by atoms with van der Waals surface area (Å²) in [7, 11) is 6.02. The third kappa shape index (κ3) is 5.58. The molecule has 1 aliphatic heterocycles. The van der Waals surface area contributed by atoms with Crippen molar-refractivity contribution in [3.63, 3.8) is 0 Å². The lowest BCUT2D eigenvalue weighted by Crippen LogP contribution is -2.46. The molecule has 0 radical (unpaired) electrons. The number of likely N-dealkylation sites (tertiary alicyclic amines) is 1. The maximum atomic E-state index is 11.9. The molecule has 1 amide bonds. The molecule has 19 heavy (non-hydrogen) atoms. The second-order valence-corrected chi connectivity index (χ2v) is 5.53. The van der Waals surface area contributed by atoms with E-state index in [1.54, 1.807) is 11.9 Å². The van der Waals surface area contributed by atoms with E-state index in [1.807, 2.05) is 0 Å². The highest BCUT2D eigenvalue weighted by molar-refractivity contribution is 5.76. The molecule has 1 fully saturated rings. The zero-order chi connectivity index (χ0) is 14.3. The Morgan fingerprint density at radius 3 is 2.79 bits per heavy atom. The van der Waals surface area contributed by atoms with Crippen molar-refractivity contribution in [3.05, 3.63) is 0 Å². The number of carbonyl (C=O) groups is 1. The van der Waals surface area contributed by atoms with Crippen molar-refractivity contribution in [1.82, 2.24) is 14.7 Å². The molecule has 1 unspecified atom stereocenters. The van der Waals surface area contributed by atoms with Crippen LogP contribution in [0.15, 0.2) is 0 Å². The molecule has 0 N–H and O–H groups in total. The monoisotopic (exact) mass is 266 g/mol. The second-order valence-electron chi connectivity index (χ2n) is 5.53. The number of nitriles is 1. The van der Waals surface area contributed by atoms with Crippen LogP contribution in [-0.2, 0) is 4.79 Å². The molecule has 0 spiro atoms. The minimum atomic E-state index is 0.141. The predicted octanol–water partition coefficient (Wildman–Crippen LogP) is 0.775. The summed E-state index contributed by atoms with van der Waals surface area (Å²) in [5, 5.41) is 8.51. The molecule has 0 aromatic carbocycles. The fourth-order valence-corrected chi connectivity index (χ4v) is 2.44. The van der Waals surface area contributed by atoms with Gasteiger partial charge in [0.2, 0.25) is 5.91 Å². The van der Waals surface area contributed by atoms with Gasteiger partial charge >= 0.3 is 0 Å². The molecule has 5 nitrogen and oxygen atoms in total. The van der Waals surface area contributed by atoms with Crippen molar-refractivity contribution in [3.8, 4) is 6.07 Å². The first-order valence-corrected chi connectivity index (χ1v) is 7.04. The van der Waals surface area contributed by atoms with Gasteiger partial charge in [0.05, 0.1) is 12.5 Å². The smallest absolute Gasteiger partial charge is 0.223 e. The topological polar surface area (TPSA) is 50.6 Å². The fraction of sp³-hybridized carbons (Fsp3) is 0.857. The summed E-state index contributed by atoms with van der Waals surface area (Å²) in [6, 6.07) is 2.68. The minimum Gasteiger partial charge on any atom is -0.345 e. The summed E-state index contributed by atoms with van der Waals surface area (Å²) in [6.45, 7) is 3.53. The largest absolute Gasteiger partial charge is 0.345 e. The quantitative estimate of drug-likeness (QED) is 0.713. The lowest BCUT2D eigenvalue weighted by molar-refractivity contribution is -0.130. The van der Waals surface area contributed by atoms with E-state index in [4.69, 9.17) is 5.26 Å². The maximum Gasteiger partial charge on any atom is 0.223 e. The highest BCUT2D eigenvalue weighted by Gasteiger charge is 2.21. The SMILES string of the molecule is CN(CCC#N)C(=O)CCN1CCCC(N(C)C)C1. The van der Waals surface area contributed by atoms with Crippen LogP contribution in [0.5, 0.6) is 0 Å². The molecular weight excluding hydrogens is 240 g/mol. The molecule has 0 bridgehead atoms. The zero-order valence-corrected chi connectivity index (χ0v) is 12.4. The first-order valence-electron chi connectivity index (χ1n) is 7.04. The average molecular weight is 266 g/mol. The predicted molar refractivity (Wildman–Crippen MR) is 75.6 cm³/mol. The van der Waals surface area contributed by atoms with Crippen molar-refractivity contribution in [1.29, 1.82) is 5.26 Å². The van der Waals surface area contributed by atoms with Crippen molar-refractivity contribution < 1.29 is 4.79 Å². The molecule has 1 saturated heterocycles. The third-order valence-electron chi connectivity index (χ3n) is 3.84. The Bertz CT molecular complexity index is 324. The Morgan fingerprint density at radius 1 is 1.42 bits per heavy atom. The van der Waals surface area contributed by atoms with Crippen LogP contribution in [0.1, 0.15) is 25.7 Å². The Balaban J connectivity index is 2.28. The molecule has 5 heteroatoms. The lowest BCUT2D eigenvalue weighted by atomic mass is 10.0. The van der Waals surface area contributed by atoms with Gasteiger partial charge in [-0.15, -0.1) is 0 Å². The lowest BCUT2D eigenvalue weighted by Gasteiger charge is -2.36. The molecule has 0 aliphatic carbocycles. The highest BCUT2D eigenvalue weighted by Crippen LogP contribution is 2.14. The number of amides is 1. The molecule has 108 valence electrons. The molecule has 1 heterocycles. The first-order chi connectivity index (χ1) is 9.04. The van der Waals surface area contributed by atoms with E-state index in [1.165, 1.54) is 12.8 Å². The van der Waals surface area contributed by atoms with Gasteiger partial charge in [-0.1, -0.05) is 0 Å². The molecule has 1 aliphatic rings. The van der Waals surface area contributed by atoms with Gasteiger partial charge in [0.15, 0.2) is 0 Å². The van der Waals surface area contributed by atoms with Crippen LogP contribution in [0, 0.1) is 11.3 Å². The van der Waals surface area contributed by atoms with Crippen molar-refractivity contribution in [2.45, 2.75) is 31.7 Å². The van der Waals surface area contributed by atoms with E-state index < -0.39 is 0 Å². The molecule has 0 aromatic rings.